The number of amides is 2. The van der Waals surface area contributed by atoms with Gasteiger partial charge in [0.2, 0.25) is 5.91 Å². The first kappa shape index (κ1) is 23.3. The number of halogens is 1. The topological polar surface area (TPSA) is 77.1 Å². The van der Waals surface area contributed by atoms with Crippen molar-refractivity contribution in [2.45, 2.75) is 26.4 Å². The Morgan fingerprint density at radius 1 is 1.07 bits per heavy atom. The Labute approximate surface area is 181 Å². The highest BCUT2D eigenvalue weighted by atomic mass is 35.5. The second-order valence-electron chi connectivity index (χ2n) is 6.52. The van der Waals surface area contributed by atoms with Gasteiger partial charge in [-0.1, -0.05) is 29.8 Å². The smallest absolute Gasteiger partial charge is 0.261 e. The lowest BCUT2D eigenvalue weighted by Crippen LogP contribution is -2.49. The van der Waals surface area contributed by atoms with E-state index in [4.69, 9.17) is 25.8 Å². The molecule has 0 spiro atoms. The quantitative estimate of drug-likeness (QED) is 0.621. The first-order chi connectivity index (χ1) is 14.4. The summed E-state index contributed by atoms with van der Waals surface area (Å²) in [5, 5.41) is 3.27. The fourth-order valence-electron chi connectivity index (χ4n) is 2.81. The summed E-state index contributed by atoms with van der Waals surface area (Å²) in [7, 11) is 3.06. The number of nitrogens with one attached hydrogen (secondary N) is 1. The van der Waals surface area contributed by atoms with Gasteiger partial charge in [0.05, 0.1) is 14.2 Å². The molecule has 8 heteroatoms. The Morgan fingerprint density at radius 3 is 2.23 bits per heavy atom. The highest BCUT2D eigenvalue weighted by Gasteiger charge is 2.26. The van der Waals surface area contributed by atoms with Crippen LogP contribution in [0.15, 0.2) is 42.5 Å². The lowest BCUT2D eigenvalue weighted by atomic mass is 10.1. The molecule has 0 fully saturated rings. The lowest BCUT2D eigenvalue weighted by Gasteiger charge is -2.29. The number of hydrogen-bond donors (Lipinski definition) is 1. The van der Waals surface area contributed by atoms with E-state index in [1.807, 2.05) is 25.1 Å². The van der Waals surface area contributed by atoms with Crippen molar-refractivity contribution in [3.63, 3.8) is 0 Å². The van der Waals surface area contributed by atoms with Crippen molar-refractivity contribution in [2.24, 2.45) is 0 Å². The van der Waals surface area contributed by atoms with Crippen molar-refractivity contribution in [1.29, 1.82) is 0 Å². The van der Waals surface area contributed by atoms with Gasteiger partial charge >= 0.3 is 0 Å². The lowest BCUT2D eigenvalue weighted by molar-refractivity contribution is -0.142. The molecule has 0 aliphatic carbocycles. The molecule has 2 aromatic rings. The van der Waals surface area contributed by atoms with Gasteiger partial charge in [-0.2, -0.15) is 0 Å². The van der Waals surface area contributed by atoms with Gasteiger partial charge in [0.25, 0.3) is 5.91 Å². The molecule has 30 heavy (non-hydrogen) atoms. The first-order valence-corrected chi connectivity index (χ1v) is 9.93. The Morgan fingerprint density at radius 2 is 1.67 bits per heavy atom. The zero-order valence-corrected chi connectivity index (χ0v) is 18.4. The molecule has 1 atom stereocenters. The van der Waals surface area contributed by atoms with Gasteiger partial charge in [0.1, 0.15) is 23.3 Å². The number of carbonyl (C=O) groups excluding carboxylic acids is 2. The van der Waals surface area contributed by atoms with Crippen LogP contribution in [0.25, 0.3) is 0 Å². The highest BCUT2D eigenvalue weighted by Crippen LogP contribution is 2.27. The molecule has 2 rings (SSSR count). The number of rotatable bonds is 10. The molecule has 0 aromatic heterocycles. The molecule has 7 nitrogen and oxygen atoms in total. The molecule has 2 amide bonds. The molecule has 0 heterocycles. The molecular formula is C22H27ClN2O5. The Bertz CT molecular complexity index is 852. The van der Waals surface area contributed by atoms with E-state index in [2.05, 4.69) is 5.32 Å². The van der Waals surface area contributed by atoms with E-state index < -0.39 is 6.04 Å². The Hall–Kier alpha value is -2.93. The SMILES string of the molecule is CCNC(=O)[C@H](C)N(Cc1ccccc1Cl)C(=O)COc1cc(OC)cc(OC)c1. The third-order valence-corrected chi connectivity index (χ3v) is 4.87. The predicted octanol–water partition coefficient (Wildman–Crippen LogP) is 3.29. The largest absolute Gasteiger partial charge is 0.496 e. The fraction of sp³-hybridized carbons (Fsp3) is 0.364. The number of methoxy groups -OCH3 is 2. The molecule has 0 bridgehead atoms. The summed E-state index contributed by atoms with van der Waals surface area (Å²) in [4.78, 5) is 26.8. The van der Waals surface area contributed by atoms with Crippen LogP contribution in [0, 0.1) is 0 Å². The van der Waals surface area contributed by atoms with Crippen LogP contribution < -0.4 is 19.5 Å². The van der Waals surface area contributed by atoms with Crippen LogP contribution in [0.3, 0.4) is 0 Å². The molecule has 2 aromatic carbocycles. The molecule has 0 radical (unpaired) electrons. The molecule has 0 saturated heterocycles. The first-order valence-electron chi connectivity index (χ1n) is 9.56. The summed E-state index contributed by atoms with van der Waals surface area (Å²) in [6, 6.07) is 11.5. The molecule has 1 N–H and O–H groups in total. The summed E-state index contributed by atoms with van der Waals surface area (Å²) in [6.45, 7) is 3.89. The van der Waals surface area contributed by atoms with Crippen molar-refractivity contribution in [1.82, 2.24) is 10.2 Å². The number of likely N-dealkylation sites (N-methyl/N-ethyl adjacent to an activating group) is 1. The standard InChI is InChI=1S/C22H27ClN2O5/c1-5-24-22(27)15(2)25(13-16-8-6-7-9-20(16)23)21(26)14-30-19-11-17(28-3)10-18(12-19)29-4/h6-12,15H,5,13-14H2,1-4H3,(H,24,27)/t15-/m0/s1. The highest BCUT2D eigenvalue weighted by molar-refractivity contribution is 6.31. The summed E-state index contributed by atoms with van der Waals surface area (Å²) in [6.07, 6.45) is 0. The van der Waals surface area contributed by atoms with Crippen LogP contribution in [0.5, 0.6) is 17.2 Å². The van der Waals surface area contributed by atoms with Gasteiger partial charge in [-0.15, -0.1) is 0 Å². The Balaban J connectivity index is 2.19. The average Bonchev–Trinajstić information content (AvgIpc) is 2.76. The maximum absolute atomic E-state index is 13.0. The third-order valence-electron chi connectivity index (χ3n) is 4.50. The van der Waals surface area contributed by atoms with E-state index >= 15 is 0 Å². The van der Waals surface area contributed by atoms with Crippen LogP contribution in [-0.2, 0) is 16.1 Å². The average molecular weight is 435 g/mol. The number of nitrogens with zero attached hydrogens (tertiary/aromatic N) is 1. The van der Waals surface area contributed by atoms with Gasteiger partial charge in [-0.3, -0.25) is 9.59 Å². The van der Waals surface area contributed by atoms with Gasteiger partial charge < -0.3 is 24.4 Å². The summed E-state index contributed by atoms with van der Waals surface area (Å²) < 4.78 is 16.1. The second-order valence-corrected chi connectivity index (χ2v) is 6.93. The predicted molar refractivity (Wildman–Crippen MR) is 115 cm³/mol. The van der Waals surface area contributed by atoms with E-state index in [-0.39, 0.29) is 25.0 Å². The van der Waals surface area contributed by atoms with E-state index in [9.17, 15) is 9.59 Å². The van der Waals surface area contributed by atoms with Gasteiger partial charge in [-0.25, -0.2) is 0 Å². The van der Waals surface area contributed by atoms with Gasteiger partial charge in [-0.05, 0) is 25.5 Å². The van der Waals surface area contributed by atoms with E-state index in [0.717, 1.165) is 5.56 Å². The summed E-state index contributed by atoms with van der Waals surface area (Å²) in [5.74, 6) is 0.903. The van der Waals surface area contributed by atoms with Crippen LogP contribution in [0.2, 0.25) is 5.02 Å². The van der Waals surface area contributed by atoms with Crippen molar-refractivity contribution in [2.75, 3.05) is 27.4 Å². The summed E-state index contributed by atoms with van der Waals surface area (Å²) >= 11 is 6.26. The molecule has 0 aliphatic rings. The van der Waals surface area contributed by atoms with Crippen LogP contribution in [-0.4, -0.2) is 50.1 Å². The normalized spacial score (nSPS) is 11.4. The van der Waals surface area contributed by atoms with Crippen molar-refractivity contribution in [3.8, 4) is 17.2 Å². The fourth-order valence-corrected chi connectivity index (χ4v) is 3.00. The van der Waals surface area contributed by atoms with Gasteiger partial charge in [0.15, 0.2) is 6.61 Å². The third kappa shape index (κ3) is 6.29. The molecule has 0 saturated carbocycles. The van der Waals surface area contributed by atoms with Crippen molar-refractivity contribution >= 4 is 23.4 Å². The van der Waals surface area contributed by atoms with E-state index in [0.29, 0.717) is 28.8 Å². The number of hydrogen-bond acceptors (Lipinski definition) is 5. The molecule has 0 unspecified atom stereocenters. The zero-order valence-electron chi connectivity index (χ0n) is 17.6. The van der Waals surface area contributed by atoms with Crippen LogP contribution >= 0.6 is 11.6 Å². The minimum Gasteiger partial charge on any atom is -0.496 e. The molecular weight excluding hydrogens is 408 g/mol. The van der Waals surface area contributed by atoms with E-state index in [1.165, 1.54) is 19.1 Å². The van der Waals surface area contributed by atoms with E-state index in [1.54, 1.807) is 31.2 Å². The monoisotopic (exact) mass is 434 g/mol. The summed E-state index contributed by atoms with van der Waals surface area (Å²) in [5.41, 5.74) is 0.742. The van der Waals surface area contributed by atoms with Crippen LogP contribution in [0.1, 0.15) is 19.4 Å². The number of carbonyl (C=O) groups is 2. The van der Waals surface area contributed by atoms with Crippen molar-refractivity contribution in [3.05, 3.63) is 53.1 Å². The number of ether oxygens (including phenoxy) is 3. The van der Waals surface area contributed by atoms with Gasteiger partial charge in [0, 0.05) is 36.3 Å². The zero-order chi connectivity index (χ0) is 22.1. The Kier molecular flexibility index (Phi) is 8.80. The van der Waals surface area contributed by atoms with Crippen LogP contribution in [0.4, 0.5) is 0 Å². The molecule has 0 aliphatic heterocycles. The minimum absolute atomic E-state index is 0.182. The number of benzene rings is 2. The maximum Gasteiger partial charge on any atom is 0.261 e. The second kappa shape index (κ2) is 11.3. The van der Waals surface area contributed by atoms with Crippen molar-refractivity contribution < 1.29 is 23.8 Å². The minimum atomic E-state index is -0.697. The molecule has 162 valence electrons. The maximum atomic E-state index is 13.0.